The second-order valence-electron chi connectivity index (χ2n) is 3.93. The van der Waals surface area contributed by atoms with E-state index < -0.39 is 5.97 Å². The van der Waals surface area contributed by atoms with Gasteiger partial charge in [-0.2, -0.15) is 0 Å². The fraction of sp³-hybridized carbons (Fsp3) is 1.00. The minimum Gasteiger partial charge on any atom is -0.331 e. The molecule has 0 aliphatic carbocycles. The van der Waals surface area contributed by atoms with Gasteiger partial charge < -0.3 is 19.5 Å². The van der Waals surface area contributed by atoms with E-state index in [0.29, 0.717) is 6.42 Å². The Kier molecular flexibility index (Phi) is 5.59. The Balaban J connectivity index is 4.19. The lowest BCUT2D eigenvalue weighted by atomic mass is 9.98. The Morgan fingerprint density at radius 3 is 1.64 bits per heavy atom. The lowest BCUT2D eigenvalue weighted by Crippen LogP contribution is -2.42. The molecule has 0 saturated heterocycles. The molecule has 0 aliphatic rings. The third-order valence-corrected chi connectivity index (χ3v) is 2.67. The van der Waals surface area contributed by atoms with Crippen molar-refractivity contribution in [1.82, 2.24) is 5.32 Å². The Morgan fingerprint density at radius 2 is 1.36 bits per heavy atom. The predicted molar refractivity (Wildman–Crippen MR) is 56.1 cm³/mol. The molecule has 0 rings (SSSR count). The molecule has 4 heteroatoms. The van der Waals surface area contributed by atoms with Gasteiger partial charge in [0.2, 0.25) is 0 Å². The van der Waals surface area contributed by atoms with Gasteiger partial charge in [-0.1, -0.05) is 0 Å². The molecule has 0 heterocycles. The van der Waals surface area contributed by atoms with E-state index in [1.807, 2.05) is 7.05 Å². The zero-order valence-electron chi connectivity index (χ0n) is 10.1. The molecule has 14 heavy (non-hydrogen) atoms. The molecular weight excluding hydrogens is 182 g/mol. The number of nitrogens with one attached hydrogen (secondary N) is 1. The molecular formula is C10H23NO3. The van der Waals surface area contributed by atoms with E-state index in [9.17, 15) is 0 Å². The smallest absolute Gasteiger partial charge is 0.282 e. The highest BCUT2D eigenvalue weighted by atomic mass is 16.9. The van der Waals surface area contributed by atoms with Gasteiger partial charge in [0.05, 0.1) is 0 Å². The van der Waals surface area contributed by atoms with Crippen molar-refractivity contribution in [3.8, 4) is 0 Å². The van der Waals surface area contributed by atoms with Gasteiger partial charge in [0.1, 0.15) is 0 Å². The highest BCUT2D eigenvalue weighted by Crippen LogP contribution is 2.23. The first-order chi connectivity index (χ1) is 6.45. The van der Waals surface area contributed by atoms with Crippen LogP contribution in [-0.2, 0) is 14.2 Å². The van der Waals surface area contributed by atoms with Crippen LogP contribution in [0, 0.1) is 0 Å². The Labute approximate surface area is 86.9 Å². The first-order valence-electron chi connectivity index (χ1n) is 4.79. The first-order valence-corrected chi connectivity index (χ1v) is 4.79. The standard InChI is InChI=1S/C10H23NO3/c1-9(2,11-3)7-8-10(12-4,13-5)14-6/h11H,7-8H2,1-6H3. The van der Waals surface area contributed by atoms with Crippen LogP contribution in [0.5, 0.6) is 0 Å². The molecule has 4 nitrogen and oxygen atoms in total. The lowest BCUT2D eigenvalue weighted by molar-refractivity contribution is -0.356. The topological polar surface area (TPSA) is 39.7 Å². The second kappa shape index (κ2) is 5.66. The van der Waals surface area contributed by atoms with Crippen molar-refractivity contribution in [2.24, 2.45) is 0 Å². The van der Waals surface area contributed by atoms with Crippen LogP contribution < -0.4 is 5.32 Å². The number of methoxy groups -OCH3 is 3. The molecule has 1 N–H and O–H groups in total. The van der Waals surface area contributed by atoms with Crippen molar-refractivity contribution in [2.75, 3.05) is 28.4 Å². The van der Waals surface area contributed by atoms with Gasteiger partial charge in [0.15, 0.2) is 0 Å². The Bertz CT molecular complexity index is 147. The molecule has 0 aromatic carbocycles. The maximum Gasteiger partial charge on any atom is 0.282 e. The van der Waals surface area contributed by atoms with Crippen molar-refractivity contribution in [3.05, 3.63) is 0 Å². The average molecular weight is 205 g/mol. The Hall–Kier alpha value is -0.160. The molecule has 0 aliphatic heterocycles. The quantitative estimate of drug-likeness (QED) is 0.637. The fourth-order valence-corrected chi connectivity index (χ4v) is 1.15. The molecule has 0 radical (unpaired) electrons. The van der Waals surface area contributed by atoms with Crippen LogP contribution in [0.15, 0.2) is 0 Å². The molecule has 86 valence electrons. The van der Waals surface area contributed by atoms with Gasteiger partial charge in [-0.25, -0.2) is 0 Å². The molecule has 0 unspecified atom stereocenters. The molecule has 0 bridgehead atoms. The van der Waals surface area contributed by atoms with Crippen LogP contribution in [0.2, 0.25) is 0 Å². The lowest BCUT2D eigenvalue weighted by Gasteiger charge is -2.32. The van der Waals surface area contributed by atoms with E-state index in [2.05, 4.69) is 19.2 Å². The highest BCUT2D eigenvalue weighted by molar-refractivity contribution is 4.77. The third kappa shape index (κ3) is 3.92. The van der Waals surface area contributed by atoms with Crippen molar-refractivity contribution in [2.45, 2.75) is 38.2 Å². The molecule has 0 saturated carbocycles. The summed E-state index contributed by atoms with van der Waals surface area (Å²) in [6.45, 7) is 4.25. The van der Waals surface area contributed by atoms with E-state index in [1.165, 1.54) is 0 Å². The SMILES string of the molecule is CNC(C)(C)CCC(OC)(OC)OC. The van der Waals surface area contributed by atoms with Crippen LogP contribution in [-0.4, -0.2) is 39.9 Å². The van der Waals surface area contributed by atoms with Crippen LogP contribution in [0.4, 0.5) is 0 Å². The molecule has 0 aromatic rings. The predicted octanol–water partition coefficient (Wildman–Crippen LogP) is 1.36. The van der Waals surface area contributed by atoms with Crippen LogP contribution >= 0.6 is 0 Å². The van der Waals surface area contributed by atoms with E-state index in [0.717, 1.165) is 6.42 Å². The summed E-state index contributed by atoms with van der Waals surface area (Å²) in [7, 11) is 6.69. The minimum atomic E-state index is -0.909. The number of ether oxygens (including phenoxy) is 3. The number of hydrogen-bond acceptors (Lipinski definition) is 4. The van der Waals surface area contributed by atoms with E-state index in [1.54, 1.807) is 21.3 Å². The van der Waals surface area contributed by atoms with E-state index >= 15 is 0 Å². The summed E-state index contributed by atoms with van der Waals surface area (Å²) in [5.74, 6) is -0.909. The summed E-state index contributed by atoms with van der Waals surface area (Å²) in [4.78, 5) is 0. The zero-order valence-corrected chi connectivity index (χ0v) is 10.1. The van der Waals surface area contributed by atoms with E-state index in [4.69, 9.17) is 14.2 Å². The minimum absolute atomic E-state index is 0.0564. The molecule has 0 aromatic heterocycles. The average Bonchev–Trinajstić information content (AvgIpc) is 2.21. The summed E-state index contributed by atoms with van der Waals surface area (Å²) in [5.41, 5.74) is 0.0564. The number of hydrogen-bond donors (Lipinski definition) is 1. The summed E-state index contributed by atoms with van der Waals surface area (Å²) in [5, 5.41) is 3.22. The summed E-state index contributed by atoms with van der Waals surface area (Å²) in [6.07, 6.45) is 1.59. The number of rotatable bonds is 7. The monoisotopic (exact) mass is 205 g/mol. The molecule has 0 fully saturated rings. The van der Waals surface area contributed by atoms with Crippen molar-refractivity contribution < 1.29 is 14.2 Å². The maximum atomic E-state index is 5.20. The summed E-state index contributed by atoms with van der Waals surface area (Å²) < 4.78 is 15.6. The van der Waals surface area contributed by atoms with Gasteiger partial charge in [-0.05, 0) is 27.3 Å². The van der Waals surface area contributed by atoms with Gasteiger partial charge >= 0.3 is 0 Å². The first kappa shape index (κ1) is 13.8. The van der Waals surface area contributed by atoms with Crippen molar-refractivity contribution >= 4 is 0 Å². The highest BCUT2D eigenvalue weighted by Gasteiger charge is 2.31. The summed E-state index contributed by atoms with van der Waals surface area (Å²) >= 11 is 0. The Morgan fingerprint density at radius 1 is 0.929 bits per heavy atom. The van der Waals surface area contributed by atoms with Crippen molar-refractivity contribution in [3.63, 3.8) is 0 Å². The van der Waals surface area contributed by atoms with Gasteiger partial charge in [0, 0.05) is 33.3 Å². The molecule has 0 spiro atoms. The normalized spacial score (nSPS) is 13.3. The van der Waals surface area contributed by atoms with Gasteiger partial charge in [0.25, 0.3) is 5.97 Å². The van der Waals surface area contributed by atoms with Crippen LogP contribution in [0.3, 0.4) is 0 Å². The third-order valence-electron chi connectivity index (χ3n) is 2.67. The molecule has 0 amide bonds. The van der Waals surface area contributed by atoms with Gasteiger partial charge in [-0.3, -0.25) is 0 Å². The van der Waals surface area contributed by atoms with E-state index in [-0.39, 0.29) is 5.54 Å². The fourth-order valence-electron chi connectivity index (χ4n) is 1.15. The largest absolute Gasteiger partial charge is 0.331 e. The molecule has 0 atom stereocenters. The summed E-state index contributed by atoms with van der Waals surface area (Å²) in [6, 6.07) is 0. The van der Waals surface area contributed by atoms with Crippen LogP contribution in [0.25, 0.3) is 0 Å². The second-order valence-corrected chi connectivity index (χ2v) is 3.93. The maximum absolute atomic E-state index is 5.20. The van der Waals surface area contributed by atoms with Gasteiger partial charge in [-0.15, -0.1) is 0 Å². The van der Waals surface area contributed by atoms with Crippen LogP contribution in [0.1, 0.15) is 26.7 Å². The van der Waals surface area contributed by atoms with Crippen molar-refractivity contribution in [1.29, 1.82) is 0 Å². The zero-order chi connectivity index (χ0) is 11.2.